The number of carbonyl (C=O) groups is 1. The molecular weight excluding hydrogens is 474 g/mol. The van der Waals surface area contributed by atoms with Crippen molar-refractivity contribution in [2.24, 2.45) is 0 Å². The van der Waals surface area contributed by atoms with Crippen LogP contribution in [0.4, 0.5) is 31.5 Å². The molecule has 0 radical (unpaired) electrons. The maximum atomic E-state index is 13.8. The van der Waals surface area contributed by atoms with Gasteiger partial charge in [-0.05, 0) is 36.4 Å². The molecule has 0 aliphatic carbocycles. The largest absolute Gasteiger partial charge is 0.497 e. The van der Waals surface area contributed by atoms with Crippen molar-refractivity contribution in [2.75, 3.05) is 12.4 Å². The molecule has 2 heterocycles. The number of rotatable bonds is 4. The monoisotopic (exact) mass is 486 g/mol. The van der Waals surface area contributed by atoms with E-state index in [2.05, 4.69) is 15.4 Å². The number of aromatic nitrogens is 3. The number of hydrogen-bond acceptors (Lipinski definition) is 5. The normalized spacial score (nSPS) is 12.2. The zero-order chi connectivity index (χ0) is 24.0. The average Bonchev–Trinajstić information content (AvgIpc) is 3.36. The first-order valence-corrected chi connectivity index (χ1v) is 9.88. The Morgan fingerprint density at radius 2 is 1.82 bits per heavy atom. The number of halogens is 6. The second kappa shape index (κ2) is 8.06. The Bertz CT molecular complexity index is 1340. The first kappa shape index (κ1) is 22.6. The molecule has 0 saturated carbocycles. The molecule has 1 N–H and O–H groups in total. The fourth-order valence-electron chi connectivity index (χ4n) is 3.05. The highest BCUT2D eigenvalue weighted by atomic mass is 32.1. The zero-order valence-electron chi connectivity index (χ0n) is 16.5. The van der Waals surface area contributed by atoms with Gasteiger partial charge in [0.05, 0.1) is 40.3 Å². The molecular formula is C20H12F6N4O2S. The number of ether oxygens (including phenoxy) is 1. The number of nitrogens with one attached hydrogen (secondary N) is 1. The van der Waals surface area contributed by atoms with Crippen molar-refractivity contribution in [1.82, 2.24) is 14.8 Å². The van der Waals surface area contributed by atoms with Crippen LogP contribution in [-0.4, -0.2) is 27.8 Å². The number of nitrogens with zero attached hydrogens (tertiary/aromatic N) is 3. The number of thiazole rings is 1. The van der Waals surface area contributed by atoms with Gasteiger partial charge in [-0.1, -0.05) is 17.4 Å². The van der Waals surface area contributed by atoms with Crippen LogP contribution >= 0.6 is 11.3 Å². The molecule has 6 nitrogen and oxygen atoms in total. The lowest BCUT2D eigenvalue weighted by Gasteiger charge is -2.14. The van der Waals surface area contributed by atoms with Crippen molar-refractivity contribution >= 4 is 32.6 Å². The number of amides is 1. The van der Waals surface area contributed by atoms with Crippen molar-refractivity contribution in [3.63, 3.8) is 0 Å². The minimum Gasteiger partial charge on any atom is -0.497 e. The predicted molar refractivity (Wildman–Crippen MR) is 108 cm³/mol. The van der Waals surface area contributed by atoms with E-state index in [1.807, 2.05) is 0 Å². The van der Waals surface area contributed by atoms with E-state index in [9.17, 15) is 31.1 Å². The molecule has 2 aromatic carbocycles. The molecule has 1 amide bonds. The average molecular weight is 486 g/mol. The fourth-order valence-corrected chi connectivity index (χ4v) is 3.94. The quantitative estimate of drug-likeness (QED) is 0.372. The minimum absolute atomic E-state index is 0.0307. The molecule has 0 fully saturated rings. The molecule has 4 rings (SSSR count). The van der Waals surface area contributed by atoms with Crippen LogP contribution in [0.3, 0.4) is 0 Å². The van der Waals surface area contributed by atoms with Crippen LogP contribution in [0.5, 0.6) is 5.75 Å². The van der Waals surface area contributed by atoms with Gasteiger partial charge >= 0.3 is 12.4 Å². The first-order chi connectivity index (χ1) is 15.5. The molecule has 4 aromatic rings. The van der Waals surface area contributed by atoms with Crippen molar-refractivity contribution in [1.29, 1.82) is 0 Å². The molecule has 2 aromatic heterocycles. The second-order valence-electron chi connectivity index (χ2n) is 6.67. The van der Waals surface area contributed by atoms with Gasteiger partial charge in [0.2, 0.25) is 0 Å². The smallest absolute Gasteiger partial charge is 0.434 e. The molecule has 0 spiro atoms. The van der Waals surface area contributed by atoms with E-state index >= 15 is 0 Å². The summed E-state index contributed by atoms with van der Waals surface area (Å²) in [6.07, 6.45) is -9.20. The molecule has 0 saturated heterocycles. The molecule has 13 heteroatoms. The number of hydrogen-bond donors (Lipinski definition) is 1. The van der Waals surface area contributed by atoms with Crippen molar-refractivity contribution < 1.29 is 35.9 Å². The lowest BCUT2D eigenvalue weighted by Crippen LogP contribution is -2.21. The first-order valence-electron chi connectivity index (χ1n) is 9.06. The summed E-state index contributed by atoms with van der Waals surface area (Å²) in [4.78, 5) is 16.8. The summed E-state index contributed by atoms with van der Waals surface area (Å²) in [6, 6.07) is 8.12. The Morgan fingerprint density at radius 1 is 1.06 bits per heavy atom. The van der Waals surface area contributed by atoms with Gasteiger partial charge in [0.25, 0.3) is 5.91 Å². The minimum atomic E-state index is -5.08. The van der Waals surface area contributed by atoms with E-state index in [0.29, 0.717) is 28.2 Å². The highest BCUT2D eigenvalue weighted by molar-refractivity contribution is 7.22. The number of fused-ring (bicyclic) bond motifs is 1. The van der Waals surface area contributed by atoms with Gasteiger partial charge in [0, 0.05) is 0 Å². The molecule has 0 aliphatic rings. The summed E-state index contributed by atoms with van der Waals surface area (Å²) in [5, 5.41) is 5.86. The molecule has 0 unspecified atom stereocenters. The van der Waals surface area contributed by atoms with Gasteiger partial charge in [-0.15, -0.1) is 0 Å². The molecule has 0 atom stereocenters. The Kier molecular flexibility index (Phi) is 5.52. The summed E-state index contributed by atoms with van der Waals surface area (Å²) in [6.45, 7) is 0. The molecule has 0 aliphatic heterocycles. The number of methoxy groups -OCH3 is 1. The summed E-state index contributed by atoms with van der Waals surface area (Å²) in [7, 11) is 1.46. The fraction of sp³-hybridized carbons (Fsp3) is 0.150. The summed E-state index contributed by atoms with van der Waals surface area (Å²) in [5.74, 6) is -0.627. The third kappa shape index (κ3) is 4.49. The van der Waals surface area contributed by atoms with E-state index in [1.165, 1.54) is 7.11 Å². The number of benzene rings is 2. The van der Waals surface area contributed by atoms with Crippen LogP contribution in [0.2, 0.25) is 0 Å². The van der Waals surface area contributed by atoms with E-state index in [4.69, 9.17) is 4.74 Å². The van der Waals surface area contributed by atoms with Gasteiger partial charge in [0.15, 0.2) is 10.8 Å². The van der Waals surface area contributed by atoms with Gasteiger partial charge in [-0.25, -0.2) is 9.67 Å². The van der Waals surface area contributed by atoms with Gasteiger partial charge in [-0.2, -0.15) is 31.4 Å². The number of anilines is 1. The second-order valence-corrected chi connectivity index (χ2v) is 7.70. The van der Waals surface area contributed by atoms with Gasteiger partial charge in [0.1, 0.15) is 5.75 Å². The molecule has 172 valence electrons. The van der Waals surface area contributed by atoms with Crippen LogP contribution in [0.15, 0.2) is 48.7 Å². The van der Waals surface area contributed by atoms with Crippen LogP contribution in [0, 0.1) is 0 Å². The van der Waals surface area contributed by atoms with Crippen LogP contribution in [0.1, 0.15) is 21.6 Å². The van der Waals surface area contributed by atoms with Crippen LogP contribution < -0.4 is 10.1 Å². The third-order valence-electron chi connectivity index (χ3n) is 4.52. The zero-order valence-corrected chi connectivity index (χ0v) is 17.3. The Balaban J connectivity index is 1.71. The highest BCUT2D eigenvalue weighted by Gasteiger charge is 2.41. The van der Waals surface area contributed by atoms with Crippen molar-refractivity contribution in [2.45, 2.75) is 12.4 Å². The van der Waals surface area contributed by atoms with Crippen LogP contribution in [-0.2, 0) is 12.4 Å². The number of carbonyl (C=O) groups excluding carboxylic acids is 1. The summed E-state index contributed by atoms with van der Waals surface area (Å²) >= 11 is 1.01. The van der Waals surface area contributed by atoms with Crippen molar-refractivity contribution in [3.05, 3.63) is 65.5 Å². The topological polar surface area (TPSA) is 69.0 Å². The maximum absolute atomic E-state index is 13.8. The Labute approximate surface area is 185 Å². The van der Waals surface area contributed by atoms with E-state index in [-0.39, 0.29) is 9.81 Å². The van der Waals surface area contributed by atoms with Crippen molar-refractivity contribution in [3.8, 4) is 11.4 Å². The van der Waals surface area contributed by atoms with E-state index in [1.54, 1.807) is 18.2 Å². The Hall–Kier alpha value is -3.61. The molecule has 0 bridgehead atoms. The van der Waals surface area contributed by atoms with Gasteiger partial charge < -0.3 is 4.74 Å². The maximum Gasteiger partial charge on any atom is 0.434 e. The lowest BCUT2D eigenvalue weighted by molar-refractivity contribution is -0.143. The lowest BCUT2D eigenvalue weighted by atomic mass is 10.1. The number of alkyl halides is 6. The van der Waals surface area contributed by atoms with Gasteiger partial charge in [-0.3, -0.25) is 10.1 Å². The Morgan fingerprint density at radius 3 is 2.48 bits per heavy atom. The van der Waals surface area contributed by atoms with E-state index in [0.717, 1.165) is 29.5 Å². The van der Waals surface area contributed by atoms with E-state index < -0.39 is 40.8 Å². The summed E-state index contributed by atoms with van der Waals surface area (Å²) < 4.78 is 86.4. The highest BCUT2D eigenvalue weighted by Crippen LogP contribution is 2.36. The third-order valence-corrected chi connectivity index (χ3v) is 5.45. The van der Waals surface area contributed by atoms with Crippen LogP contribution in [0.25, 0.3) is 15.9 Å². The molecule has 33 heavy (non-hydrogen) atoms. The predicted octanol–water partition coefficient (Wildman–Crippen LogP) is 5.78. The SMILES string of the molecule is COc1ccc2nc(NC(=O)c3cnn(-c4cccc(C(F)(F)F)c4)c3C(F)(F)F)sc2c1. The standard InChI is InChI=1S/C20H12F6N4O2S/c1-32-12-5-6-14-15(8-12)33-18(28-14)29-17(31)13-9-27-30(16(13)20(24,25)26)11-4-2-3-10(7-11)19(21,22)23/h2-9H,1H3,(H,28,29,31). The summed E-state index contributed by atoms with van der Waals surface area (Å²) in [5.41, 5.74) is -3.53.